The second-order valence-corrected chi connectivity index (χ2v) is 3.31. The van der Waals surface area contributed by atoms with Crippen LogP contribution in [0.2, 0.25) is 0 Å². The summed E-state index contributed by atoms with van der Waals surface area (Å²) in [5.74, 6) is -2.00. The standard InChI is InChI=1S/C11H8F3N3/c12-8-2-1-7(9(13)3-8)4-16-11-10(14)5-15-6-17-11/h1-3,5-6H,4H2,(H,15,16,17). The third-order valence-electron chi connectivity index (χ3n) is 2.13. The zero-order chi connectivity index (χ0) is 12.3. The molecule has 0 radical (unpaired) electrons. The number of nitrogens with one attached hydrogen (secondary N) is 1. The summed E-state index contributed by atoms with van der Waals surface area (Å²) >= 11 is 0. The number of benzene rings is 1. The topological polar surface area (TPSA) is 37.8 Å². The highest BCUT2D eigenvalue weighted by Crippen LogP contribution is 2.13. The molecule has 0 aliphatic carbocycles. The lowest BCUT2D eigenvalue weighted by atomic mass is 10.2. The van der Waals surface area contributed by atoms with Gasteiger partial charge in [-0.1, -0.05) is 6.07 Å². The molecule has 6 heteroatoms. The van der Waals surface area contributed by atoms with Crippen LogP contribution in [0.25, 0.3) is 0 Å². The lowest BCUT2D eigenvalue weighted by Crippen LogP contribution is -2.05. The van der Waals surface area contributed by atoms with Gasteiger partial charge < -0.3 is 5.32 Å². The highest BCUT2D eigenvalue weighted by atomic mass is 19.1. The summed E-state index contributed by atoms with van der Waals surface area (Å²) in [5.41, 5.74) is 0.226. The van der Waals surface area contributed by atoms with Gasteiger partial charge in [-0.25, -0.2) is 23.1 Å². The Labute approximate surface area is 95.3 Å². The van der Waals surface area contributed by atoms with Gasteiger partial charge >= 0.3 is 0 Å². The van der Waals surface area contributed by atoms with Crippen molar-refractivity contribution in [3.05, 3.63) is 53.7 Å². The summed E-state index contributed by atoms with van der Waals surface area (Å²) in [6.45, 7) is 0.0139. The molecule has 17 heavy (non-hydrogen) atoms. The van der Waals surface area contributed by atoms with Crippen molar-refractivity contribution >= 4 is 5.82 Å². The van der Waals surface area contributed by atoms with Gasteiger partial charge in [-0.05, 0) is 6.07 Å². The molecule has 0 amide bonds. The van der Waals surface area contributed by atoms with Crippen molar-refractivity contribution in [3.63, 3.8) is 0 Å². The highest BCUT2D eigenvalue weighted by molar-refractivity contribution is 5.35. The fourth-order valence-electron chi connectivity index (χ4n) is 1.29. The zero-order valence-corrected chi connectivity index (χ0v) is 8.62. The van der Waals surface area contributed by atoms with E-state index in [9.17, 15) is 13.2 Å². The molecule has 1 N–H and O–H groups in total. The summed E-state index contributed by atoms with van der Waals surface area (Å²) in [7, 11) is 0. The Morgan fingerprint density at radius 1 is 1.12 bits per heavy atom. The predicted octanol–water partition coefficient (Wildman–Crippen LogP) is 2.51. The first-order chi connectivity index (χ1) is 8.16. The fraction of sp³-hybridized carbons (Fsp3) is 0.0909. The number of anilines is 1. The van der Waals surface area contributed by atoms with Crippen molar-refractivity contribution < 1.29 is 13.2 Å². The summed E-state index contributed by atoms with van der Waals surface area (Å²) in [4.78, 5) is 7.13. The first-order valence-corrected chi connectivity index (χ1v) is 4.80. The van der Waals surface area contributed by atoms with Crippen LogP contribution >= 0.6 is 0 Å². The summed E-state index contributed by atoms with van der Waals surface area (Å²) in [5, 5.41) is 2.60. The van der Waals surface area contributed by atoms with Gasteiger partial charge in [-0.3, -0.25) is 0 Å². The molecule has 3 nitrogen and oxygen atoms in total. The Kier molecular flexibility index (Phi) is 3.22. The molecule has 0 bridgehead atoms. The van der Waals surface area contributed by atoms with E-state index in [0.29, 0.717) is 0 Å². The van der Waals surface area contributed by atoms with Gasteiger partial charge in [0.2, 0.25) is 0 Å². The van der Waals surface area contributed by atoms with Gasteiger partial charge in [-0.2, -0.15) is 0 Å². The smallest absolute Gasteiger partial charge is 0.183 e. The maximum atomic E-state index is 13.2. The number of rotatable bonds is 3. The molecular formula is C11H8F3N3. The molecule has 0 saturated carbocycles. The minimum Gasteiger partial charge on any atom is -0.363 e. The number of hydrogen-bond donors (Lipinski definition) is 1. The third kappa shape index (κ3) is 2.72. The lowest BCUT2D eigenvalue weighted by Gasteiger charge is -2.06. The molecule has 0 aliphatic heterocycles. The number of nitrogens with zero attached hydrogens (tertiary/aromatic N) is 2. The van der Waals surface area contributed by atoms with E-state index >= 15 is 0 Å². The van der Waals surface area contributed by atoms with Crippen molar-refractivity contribution in [1.29, 1.82) is 0 Å². The zero-order valence-electron chi connectivity index (χ0n) is 8.62. The van der Waals surface area contributed by atoms with Crippen LogP contribution in [-0.2, 0) is 6.54 Å². The van der Waals surface area contributed by atoms with E-state index in [1.807, 2.05) is 0 Å². The molecule has 1 aromatic carbocycles. The molecule has 0 unspecified atom stereocenters. The first-order valence-electron chi connectivity index (χ1n) is 4.80. The van der Waals surface area contributed by atoms with Crippen LogP contribution in [0, 0.1) is 17.5 Å². The Morgan fingerprint density at radius 2 is 1.94 bits per heavy atom. The second kappa shape index (κ2) is 4.82. The predicted molar refractivity (Wildman–Crippen MR) is 55.7 cm³/mol. The molecule has 88 valence electrons. The molecule has 0 fully saturated rings. The number of hydrogen-bond acceptors (Lipinski definition) is 3. The van der Waals surface area contributed by atoms with Crippen LogP contribution in [0.3, 0.4) is 0 Å². The van der Waals surface area contributed by atoms with E-state index in [1.165, 1.54) is 12.4 Å². The molecule has 0 atom stereocenters. The molecule has 0 spiro atoms. The van der Waals surface area contributed by atoms with Crippen LogP contribution in [0.5, 0.6) is 0 Å². The van der Waals surface area contributed by atoms with Crippen LogP contribution in [0.15, 0.2) is 30.7 Å². The van der Waals surface area contributed by atoms with Crippen LogP contribution in [0.4, 0.5) is 19.0 Å². The Hall–Kier alpha value is -2.11. The minimum absolute atomic E-state index is 0.0139. The number of halogens is 3. The van der Waals surface area contributed by atoms with E-state index in [-0.39, 0.29) is 17.9 Å². The Morgan fingerprint density at radius 3 is 2.65 bits per heavy atom. The van der Waals surface area contributed by atoms with Gasteiger partial charge in [0.05, 0.1) is 6.20 Å². The maximum absolute atomic E-state index is 13.2. The minimum atomic E-state index is -0.688. The summed E-state index contributed by atoms with van der Waals surface area (Å²) < 4.78 is 39.0. The second-order valence-electron chi connectivity index (χ2n) is 3.31. The van der Waals surface area contributed by atoms with Crippen molar-refractivity contribution in [2.75, 3.05) is 5.32 Å². The van der Waals surface area contributed by atoms with Crippen LogP contribution in [0.1, 0.15) is 5.56 Å². The SMILES string of the molecule is Fc1ccc(CNc2ncncc2F)c(F)c1. The molecule has 1 heterocycles. The molecule has 0 saturated heterocycles. The van der Waals surface area contributed by atoms with Crippen LogP contribution < -0.4 is 5.32 Å². The molecule has 2 aromatic rings. The van der Waals surface area contributed by atoms with Crippen molar-refractivity contribution in [1.82, 2.24) is 9.97 Å². The number of aromatic nitrogens is 2. The third-order valence-corrected chi connectivity index (χ3v) is 2.13. The Balaban J connectivity index is 2.10. The van der Waals surface area contributed by atoms with E-state index in [4.69, 9.17) is 0 Å². The van der Waals surface area contributed by atoms with E-state index in [2.05, 4.69) is 15.3 Å². The van der Waals surface area contributed by atoms with E-state index in [0.717, 1.165) is 18.3 Å². The molecule has 2 rings (SSSR count). The summed E-state index contributed by atoms with van der Waals surface area (Å²) in [6.07, 6.45) is 2.17. The van der Waals surface area contributed by atoms with Crippen molar-refractivity contribution in [2.45, 2.75) is 6.54 Å². The summed E-state index contributed by atoms with van der Waals surface area (Å²) in [6, 6.07) is 3.19. The first kappa shape index (κ1) is 11.4. The maximum Gasteiger partial charge on any atom is 0.183 e. The van der Waals surface area contributed by atoms with Gasteiger partial charge in [-0.15, -0.1) is 0 Å². The highest BCUT2D eigenvalue weighted by Gasteiger charge is 2.06. The van der Waals surface area contributed by atoms with Gasteiger partial charge in [0.15, 0.2) is 11.6 Å². The van der Waals surface area contributed by atoms with Gasteiger partial charge in [0.1, 0.15) is 18.0 Å². The quantitative estimate of drug-likeness (QED) is 0.894. The van der Waals surface area contributed by atoms with Crippen molar-refractivity contribution in [2.24, 2.45) is 0 Å². The van der Waals surface area contributed by atoms with E-state index < -0.39 is 17.5 Å². The molecule has 0 aliphatic rings. The monoisotopic (exact) mass is 239 g/mol. The van der Waals surface area contributed by atoms with Crippen molar-refractivity contribution in [3.8, 4) is 0 Å². The Bertz CT molecular complexity index is 531. The average molecular weight is 239 g/mol. The van der Waals surface area contributed by atoms with Gasteiger partial charge in [0.25, 0.3) is 0 Å². The van der Waals surface area contributed by atoms with Gasteiger partial charge in [0, 0.05) is 18.2 Å². The van der Waals surface area contributed by atoms with E-state index in [1.54, 1.807) is 0 Å². The van der Waals surface area contributed by atoms with Crippen LogP contribution in [-0.4, -0.2) is 9.97 Å². The average Bonchev–Trinajstić information content (AvgIpc) is 2.30. The fourth-order valence-corrected chi connectivity index (χ4v) is 1.29. The largest absolute Gasteiger partial charge is 0.363 e. The normalized spacial score (nSPS) is 10.3. The molecular weight excluding hydrogens is 231 g/mol. The molecule has 1 aromatic heterocycles. The lowest BCUT2D eigenvalue weighted by molar-refractivity contribution is 0.573.